The van der Waals surface area contributed by atoms with Gasteiger partial charge in [0.15, 0.2) is 0 Å². The van der Waals surface area contributed by atoms with Gasteiger partial charge in [0.25, 0.3) is 11.7 Å². The van der Waals surface area contributed by atoms with Gasteiger partial charge in [-0.2, -0.15) is 13.1 Å². The van der Waals surface area contributed by atoms with E-state index in [1.54, 1.807) is 13.0 Å². The highest BCUT2D eigenvalue weighted by Gasteiger charge is 2.32. The van der Waals surface area contributed by atoms with Crippen molar-refractivity contribution in [2.75, 3.05) is 26.2 Å². The van der Waals surface area contributed by atoms with Gasteiger partial charge in [-0.05, 0) is 43.8 Å². The van der Waals surface area contributed by atoms with Gasteiger partial charge in [-0.15, -0.1) is 11.3 Å². The first-order valence-corrected chi connectivity index (χ1v) is 11.6. The van der Waals surface area contributed by atoms with E-state index in [9.17, 15) is 22.0 Å². The molecule has 1 aliphatic heterocycles. The molecule has 3 heterocycles. The zero-order chi connectivity index (χ0) is 20.5. The number of hydrogen-bond acceptors (Lipinski definition) is 6. The average Bonchev–Trinajstić information content (AvgIpc) is 3.00. The van der Waals surface area contributed by atoms with Crippen LogP contribution in [0.3, 0.4) is 0 Å². The van der Waals surface area contributed by atoms with E-state index in [-0.39, 0.29) is 48.5 Å². The van der Waals surface area contributed by atoms with Gasteiger partial charge in [0, 0.05) is 42.1 Å². The predicted octanol–water partition coefficient (Wildman–Crippen LogP) is 3.22. The maximum absolute atomic E-state index is 12.9. The summed E-state index contributed by atoms with van der Waals surface area (Å²) in [6, 6.07) is 4.64. The number of carbonyl (C=O) groups excluding carboxylic acids is 1. The molecular formula is C17H19F2N3O3S3. The number of carbonyl (C=O) groups is 1. The lowest BCUT2D eigenvalue weighted by Crippen LogP contribution is -2.50. The summed E-state index contributed by atoms with van der Waals surface area (Å²) in [5, 5.41) is -0.0260. The molecule has 6 nitrogen and oxygen atoms in total. The molecule has 0 bridgehead atoms. The van der Waals surface area contributed by atoms with Crippen LogP contribution in [0.1, 0.15) is 20.1 Å². The highest BCUT2D eigenvalue weighted by atomic mass is 32.2. The molecule has 28 heavy (non-hydrogen) atoms. The Kier molecular flexibility index (Phi) is 6.37. The molecule has 0 aliphatic carbocycles. The summed E-state index contributed by atoms with van der Waals surface area (Å²) in [5.41, 5.74) is 0.105. The van der Waals surface area contributed by atoms with Gasteiger partial charge in [0.1, 0.15) is 5.03 Å². The van der Waals surface area contributed by atoms with E-state index in [4.69, 9.17) is 0 Å². The van der Waals surface area contributed by atoms with Gasteiger partial charge in [-0.25, -0.2) is 13.4 Å². The zero-order valence-corrected chi connectivity index (χ0v) is 17.7. The highest BCUT2D eigenvalue weighted by Crippen LogP contribution is 2.29. The number of pyridine rings is 1. The first-order chi connectivity index (χ1) is 13.2. The number of aromatic nitrogens is 1. The first-order valence-electron chi connectivity index (χ1n) is 8.46. The molecular weight excluding hydrogens is 428 g/mol. The van der Waals surface area contributed by atoms with Gasteiger partial charge in [-0.3, -0.25) is 4.79 Å². The van der Waals surface area contributed by atoms with Crippen LogP contribution in [0, 0.1) is 13.8 Å². The van der Waals surface area contributed by atoms with Crippen LogP contribution >= 0.6 is 23.1 Å². The van der Waals surface area contributed by atoms with E-state index in [0.717, 1.165) is 9.75 Å². The number of alkyl halides is 2. The second-order valence-corrected chi connectivity index (χ2v) is 10.6. The zero-order valence-electron chi connectivity index (χ0n) is 15.3. The lowest BCUT2D eigenvalue weighted by Gasteiger charge is -2.34. The molecule has 0 aromatic carbocycles. The summed E-state index contributed by atoms with van der Waals surface area (Å²) < 4.78 is 52.5. The number of thioether (sulfide) groups is 1. The monoisotopic (exact) mass is 447 g/mol. The Morgan fingerprint density at radius 3 is 2.50 bits per heavy atom. The smallest absolute Gasteiger partial charge is 0.290 e. The van der Waals surface area contributed by atoms with Crippen molar-refractivity contribution < 1.29 is 22.0 Å². The van der Waals surface area contributed by atoms with E-state index in [1.807, 2.05) is 6.92 Å². The maximum atomic E-state index is 12.9. The molecule has 0 spiro atoms. The molecule has 0 unspecified atom stereocenters. The third-order valence-corrected chi connectivity index (χ3v) is 8.19. The molecule has 0 atom stereocenters. The first kappa shape index (κ1) is 21.2. The van der Waals surface area contributed by atoms with Crippen molar-refractivity contribution in [3.63, 3.8) is 0 Å². The minimum absolute atomic E-state index is 0.0260. The van der Waals surface area contributed by atoms with Crippen molar-refractivity contribution in [1.82, 2.24) is 14.2 Å². The van der Waals surface area contributed by atoms with Gasteiger partial charge in [0.05, 0.1) is 10.5 Å². The number of halogens is 2. The molecule has 0 saturated carbocycles. The van der Waals surface area contributed by atoms with Crippen LogP contribution in [0.5, 0.6) is 0 Å². The summed E-state index contributed by atoms with van der Waals surface area (Å²) in [7, 11) is -3.62. The quantitative estimate of drug-likeness (QED) is 0.659. The number of piperazine rings is 1. The summed E-state index contributed by atoms with van der Waals surface area (Å²) in [5.74, 6) is -3.10. The summed E-state index contributed by atoms with van der Waals surface area (Å²) >= 11 is 1.65. The number of aryl methyl sites for hydroxylation is 2. The highest BCUT2D eigenvalue weighted by molar-refractivity contribution is 7.99. The van der Waals surface area contributed by atoms with Crippen LogP contribution in [0.2, 0.25) is 0 Å². The Bertz CT molecular complexity index is 971. The van der Waals surface area contributed by atoms with Crippen molar-refractivity contribution in [1.29, 1.82) is 0 Å². The normalized spacial score (nSPS) is 16.0. The second kappa shape index (κ2) is 8.44. The molecule has 1 fully saturated rings. The van der Waals surface area contributed by atoms with Crippen molar-refractivity contribution in [3.8, 4) is 0 Å². The van der Waals surface area contributed by atoms with Crippen molar-refractivity contribution >= 4 is 39.0 Å². The molecule has 2 aromatic heterocycles. The minimum Gasteiger partial charge on any atom is -0.336 e. The molecule has 1 amide bonds. The standard InChI is InChI=1S/C17H19F2N3O3S3/c1-11-10-14(12(2)26-11)28(24,25)22-8-6-21(7-9-22)16(23)13-4-3-5-20-15(13)27-17(18)19/h3-5,10,17H,6-9H2,1-2H3. The molecule has 1 aliphatic rings. The molecule has 1 saturated heterocycles. The largest absolute Gasteiger partial charge is 0.336 e. The van der Waals surface area contributed by atoms with Gasteiger partial charge >= 0.3 is 0 Å². The molecule has 0 radical (unpaired) electrons. The van der Waals surface area contributed by atoms with Crippen molar-refractivity contribution in [2.24, 2.45) is 0 Å². The predicted molar refractivity (Wildman–Crippen MR) is 105 cm³/mol. The van der Waals surface area contributed by atoms with E-state index in [0.29, 0.717) is 4.90 Å². The van der Waals surface area contributed by atoms with E-state index >= 15 is 0 Å². The van der Waals surface area contributed by atoms with Gasteiger partial charge < -0.3 is 4.90 Å². The average molecular weight is 448 g/mol. The fraction of sp³-hybridized carbons (Fsp3) is 0.412. The Labute approximate surface area is 170 Å². The van der Waals surface area contributed by atoms with Crippen LogP contribution in [-0.4, -0.2) is 60.5 Å². The van der Waals surface area contributed by atoms with E-state index in [2.05, 4.69) is 4.98 Å². The number of nitrogens with zero attached hydrogens (tertiary/aromatic N) is 3. The number of rotatable bonds is 5. The number of hydrogen-bond donors (Lipinski definition) is 0. The maximum Gasteiger partial charge on any atom is 0.290 e. The molecule has 2 aromatic rings. The SMILES string of the molecule is Cc1cc(S(=O)(=O)N2CCN(C(=O)c3cccnc3SC(F)F)CC2)c(C)s1. The third kappa shape index (κ3) is 4.37. The second-order valence-electron chi connectivity index (χ2n) is 6.21. The fourth-order valence-electron chi connectivity index (χ4n) is 3.04. The lowest BCUT2D eigenvalue weighted by molar-refractivity contribution is 0.0693. The van der Waals surface area contributed by atoms with Crippen molar-refractivity contribution in [2.45, 2.75) is 29.5 Å². The Balaban J connectivity index is 1.72. The molecule has 152 valence electrons. The molecule has 3 rings (SSSR count). The van der Waals surface area contributed by atoms with Gasteiger partial charge in [-0.1, -0.05) is 0 Å². The Hall–Kier alpha value is -1.56. The number of sulfonamides is 1. The summed E-state index contributed by atoms with van der Waals surface area (Å²) in [6.07, 6.45) is 1.36. The van der Waals surface area contributed by atoms with Crippen LogP contribution < -0.4 is 0 Å². The van der Waals surface area contributed by atoms with E-state index in [1.165, 1.54) is 38.9 Å². The van der Waals surface area contributed by atoms with Crippen LogP contribution in [0.4, 0.5) is 8.78 Å². The topological polar surface area (TPSA) is 70.6 Å². The number of thiophene rings is 1. The fourth-order valence-corrected chi connectivity index (χ4v) is 6.56. The molecule has 11 heteroatoms. The van der Waals surface area contributed by atoms with E-state index < -0.39 is 21.7 Å². The Morgan fingerprint density at radius 1 is 1.25 bits per heavy atom. The lowest BCUT2D eigenvalue weighted by atomic mass is 10.2. The van der Waals surface area contributed by atoms with Crippen LogP contribution in [-0.2, 0) is 10.0 Å². The van der Waals surface area contributed by atoms with Gasteiger partial charge in [0.2, 0.25) is 10.0 Å². The minimum atomic E-state index is -3.62. The van der Waals surface area contributed by atoms with Crippen molar-refractivity contribution in [3.05, 3.63) is 39.7 Å². The molecule has 0 N–H and O–H groups in total. The Morgan fingerprint density at radius 2 is 1.93 bits per heavy atom. The third-order valence-electron chi connectivity index (χ3n) is 4.34. The van der Waals surface area contributed by atoms with Crippen LogP contribution in [0.15, 0.2) is 34.3 Å². The van der Waals surface area contributed by atoms with Crippen LogP contribution in [0.25, 0.3) is 0 Å². The summed E-state index contributed by atoms with van der Waals surface area (Å²) in [4.78, 5) is 20.1. The number of amides is 1. The summed E-state index contributed by atoms with van der Waals surface area (Å²) in [6.45, 7) is 4.31.